The number of para-hydroxylation sites is 1. The molecule has 208 valence electrons. The number of hydrogen-bond donors (Lipinski definition) is 2. The van der Waals surface area contributed by atoms with E-state index in [9.17, 15) is 22.0 Å². The lowest BCUT2D eigenvalue weighted by atomic mass is 9.94. The smallest absolute Gasteiger partial charge is 0.231 e. The second-order valence-electron chi connectivity index (χ2n) is 9.21. The van der Waals surface area contributed by atoms with Crippen LogP contribution in [0.2, 0.25) is 0 Å². The molecule has 5 aromatic rings. The number of anilines is 1. The lowest BCUT2D eigenvalue weighted by Crippen LogP contribution is -2.29. The summed E-state index contributed by atoms with van der Waals surface area (Å²) in [4.78, 5) is 21.8. The molecule has 2 aromatic carbocycles. The minimum atomic E-state index is -3.59. The van der Waals surface area contributed by atoms with Crippen LogP contribution < -0.4 is 10.0 Å². The number of benzene rings is 2. The van der Waals surface area contributed by atoms with Gasteiger partial charge in [-0.3, -0.25) is 14.2 Å². The van der Waals surface area contributed by atoms with E-state index in [1.807, 2.05) is 18.4 Å². The number of halogens is 2. The van der Waals surface area contributed by atoms with E-state index in [1.54, 1.807) is 23.9 Å². The Labute approximate surface area is 237 Å². The van der Waals surface area contributed by atoms with Crippen molar-refractivity contribution in [3.8, 4) is 11.1 Å². The van der Waals surface area contributed by atoms with E-state index in [0.717, 1.165) is 21.4 Å². The van der Waals surface area contributed by atoms with Crippen LogP contribution in [0.1, 0.15) is 24.2 Å². The number of sulfonamides is 1. The summed E-state index contributed by atoms with van der Waals surface area (Å²) >= 11 is 2.94. The monoisotopic (exact) mass is 602 g/mol. The molecular weight excluding hydrogens is 579 g/mol. The lowest BCUT2D eigenvalue weighted by molar-refractivity contribution is -0.119. The normalized spacial score (nSPS) is 12.7. The summed E-state index contributed by atoms with van der Waals surface area (Å²) in [6, 6.07) is 9.75. The molecule has 0 saturated heterocycles. The highest BCUT2D eigenvalue weighted by molar-refractivity contribution is 8.00. The van der Waals surface area contributed by atoms with Gasteiger partial charge in [-0.2, -0.15) is 5.10 Å². The van der Waals surface area contributed by atoms with Crippen LogP contribution in [0.4, 0.5) is 14.6 Å². The summed E-state index contributed by atoms with van der Waals surface area (Å²) in [6.45, 7) is 1.36. The average molecular weight is 603 g/mol. The van der Waals surface area contributed by atoms with Gasteiger partial charge >= 0.3 is 0 Å². The second kappa shape index (κ2) is 10.7. The molecule has 9 nitrogen and oxygen atoms in total. The number of hydrogen-bond acceptors (Lipinski definition) is 8. The maximum atomic E-state index is 14.1. The van der Waals surface area contributed by atoms with Crippen molar-refractivity contribution in [2.75, 3.05) is 17.2 Å². The molecule has 1 atom stereocenters. The predicted molar refractivity (Wildman–Crippen MR) is 154 cm³/mol. The minimum absolute atomic E-state index is 0.0571. The van der Waals surface area contributed by atoms with E-state index < -0.39 is 27.7 Å². The number of carbonyl (C=O) groups is 1. The molecule has 0 aliphatic rings. The molecule has 0 fully saturated rings. The highest BCUT2D eigenvalue weighted by Crippen LogP contribution is 2.39. The fraction of sp³-hybridized carbons (Fsp3) is 0.231. The highest BCUT2D eigenvalue weighted by Gasteiger charge is 2.25. The van der Waals surface area contributed by atoms with Crippen LogP contribution >= 0.6 is 23.1 Å². The Morgan fingerprint density at radius 1 is 1.12 bits per heavy atom. The number of aromatic nitrogens is 4. The topological polar surface area (TPSA) is 119 Å². The summed E-state index contributed by atoms with van der Waals surface area (Å²) < 4.78 is 57.7. The van der Waals surface area contributed by atoms with Gasteiger partial charge in [0.05, 0.1) is 28.2 Å². The molecule has 2 N–H and O–H groups in total. The molecule has 1 amide bonds. The number of amides is 1. The third-order valence-electron chi connectivity index (χ3n) is 6.07. The molecule has 0 saturated carbocycles. The lowest BCUT2D eigenvalue weighted by Gasteiger charge is -2.21. The van der Waals surface area contributed by atoms with Crippen LogP contribution in [-0.4, -0.2) is 46.6 Å². The number of carbonyl (C=O) groups excluding carboxylic acids is 1. The Bertz CT molecular complexity index is 1870. The summed E-state index contributed by atoms with van der Waals surface area (Å²) in [5, 5.41) is 7.84. The third kappa shape index (κ3) is 5.78. The zero-order valence-electron chi connectivity index (χ0n) is 21.8. The Morgan fingerprint density at radius 3 is 2.50 bits per heavy atom. The Morgan fingerprint density at radius 2 is 1.85 bits per heavy atom. The number of nitrogens with zero attached hydrogens (tertiary/aromatic N) is 4. The number of pyridine rings is 1. The molecule has 0 bridgehead atoms. The first-order valence-corrected chi connectivity index (χ1v) is 15.9. The van der Waals surface area contributed by atoms with Gasteiger partial charge in [-0.15, -0.1) is 11.3 Å². The van der Waals surface area contributed by atoms with Gasteiger partial charge in [-0.05, 0) is 42.5 Å². The summed E-state index contributed by atoms with van der Waals surface area (Å²) in [6.07, 6.45) is 3.01. The second-order valence-corrected chi connectivity index (χ2v) is 13.0. The zero-order valence-corrected chi connectivity index (χ0v) is 24.3. The molecular formula is C26H24F2N6O3S3. The van der Waals surface area contributed by atoms with Crippen LogP contribution in [0.25, 0.3) is 32.4 Å². The molecule has 3 aromatic heterocycles. The quantitative estimate of drug-likeness (QED) is 0.239. The third-order valence-corrected chi connectivity index (χ3v) is 8.61. The fourth-order valence-corrected chi connectivity index (χ4v) is 6.62. The number of rotatable bonds is 8. The molecule has 40 heavy (non-hydrogen) atoms. The summed E-state index contributed by atoms with van der Waals surface area (Å²) in [5.41, 5.74) is 3.20. The molecule has 1 unspecified atom stereocenters. The zero-order chi connectivity index (χ0) is 28.8. The van der Waals surface area contributed by atoms with Gasteiger partial charge in [0.25, 0.3) is 0 Å². The van der Waals surface area contributed by atoms with Crippen molar-refractivity contribution < 1.29 is 22.0 Å². The van der Waals surface area contributed by atoms with Crippen LogP contribution in [0.15, 0.2) is 46.8 Å². The Kier molecular flexibility index (Phi) is 7.50. The molecule has 0 radical (unpaired) electrons. The van der Waals surface area contributed by atoms with Crippen LogP contribution in [0.5, 0.6) is 0 Å². The first-order chi connectivity index (χ1) is 18.9. The van der Waals surface area contributed by atoms with Crippen LogP contribution in [0, 0.1) is 11.6 Å². The SMILES string of the molecule is CSc1nc2nc(C(Cc3cc(F)cc(F)c3)NC(C)=O)c(-c3cccc4c(NS(C)(=O)=O)nn(C)c34)cc2s1. The standard InChI is InChI=1S/C26H24F2N6O3S3/c1-13(35)29-20(10-14-8-15(27)11-16(28)9-14)22-19(12-21-25(30-22)31-26(38-3)39-21)17-6-5-7-18-23(17)34(2)32-24(18)33-40(4,36)37/h5-9,11-12,20H,10H2,1-4H3,(H,29,35)(H,32,33). The number of thiazole rings is 1. The van der Waals surface area contributed by atoms with E-state index in [2.05, 4.69) is 20.1 Å². The van der Waals surface area contributed by atoms with Crippen molar-refractivity contribution in [1.29, 1.82) is 0 Å². The van der Waals surface area contributed by atoms with Gasteiger partial charge < -0.3 is 5.32 Å². The van der Waals surface area contributed by atoms with Gasteiger partial charge in [0.15, 0.2) is 15.8 Å². The number of thioether (sulfide) groups is 1. The number of aryl methyl sites for hydroxylation is 1. The Balaban J connectivity index is 1.77. The molecule has 5 rings (SSSR count). The van der Waals surface area contributed by atoms with Crippen molar-refractivity contribution in [3.63, 3.8) is 0 Å². The van der Waals surface area contributed by atoms with Gasteiger partial charge in [0.2, 0.25) is 15.9 Å². The largest absolute Gasteiger partial charge is 0.348 e. The number of nitrogens with one attached hydrogen (secondary N) is 2. The minimum Gasteiger partial charge on any atom is -0.348 e. The van der Waals surface area contributed by atoms with Crippen molar-refractivity contribution in [1.82, 2.24) is 25.1 Å². The molecule has 14 heteroatoms. The van der Waals surface area contributed by atoms with Gasteiger partial charge in [-0.25, -0.2) is 27.2 Å². The van der Waals surface area contributed by atoms with E-state index in [0.29, 0.717) is 38.9 Å². The van der Waals surface area contributed by atoms with Crippen molar-refractivity contribution in [2.45, 2.75) is 23.7 Å². The van der Waals surface area contributed by atoms with E-state index >= 15 is 0 Å². The van der Waals surface area contributed by atoms with Gasteiger partial charge in [0, 0.05) is 36.6 Å². The Hall–Kier alpha value is -3.62. The maximum absolute atomic E-state index is 14.1. The van der Waals surface area contributed by atoms with Crippen LogP contribution in [0.3, 0.4) is 0 Å². The molecule has 0 aliphatic heterocycles. The van der Waals surface area contributed by atoms with E-state index in [1.165, 1.54) is 42.2 Å². The van der Waals surface area contributed by atoms with Crippen LogP contribution in [-0.2, 0) is 28.3 Å². The predicted octanol–water partition coefficient (Wildman–Crippen LogP) is 5.04. The van der Waals surface area contributed by atoms with Crippen molar-refractivity contribution in [3.05, 3.63) is 65.4 Å². The molecule has 0 spiro atoms. The fourth-order valence-electron chi connectivity index (χ4n) is 4.66. The van der Waals surface area contributed by atoms with E-state index in [4.69, 9.17) is 4.98 Å². The number of fused-ring (bicyclic) bond motifs is 2. The first-order valence-electron chi connectivity index (χ1n) is 11.9. The highest BCUT2D eigenvalue weighted by atomic mass is 32.2. The van der Waals surface area contributed by atoms with Crippen molar-refractivity contribution >= 4 is 66.1 Å². The summed E-state index contributed by atoms with van der Waals surface area (Å²) in [7, 11) is -1.90. The average Bonchev–Trinajstić information content (AvgIpc) is 3.40. The summed E-state index contributed by atoms with van der Waals surface area (Å²) in [5.74, 6) is -1.63. The first kappa shape index (κ1) is 27.9. The van der Waals surface area contributed by atoms with E-state index in [-0.39, 0.29) is 18.1 Å². The molecule has 3 heterocycles. The molecule has 0 aliphatic carbocycles. The van der Waals surface area contributed by atoms with Crippen molar-refractivity contribution in [2.24, 2.45) is 7.05 Å². The maximum Gasteiger partial charge on any atom is 0.231 e. The van der Waals surface area contributed by atoms with Gasteiger partial charge in [-0.1, -0.05) is 23.9 Å². The van der Waals surface area contributed by atoms with Gasteiger partial charge in [0.1, 0.15) is 11.6 Å².